The van der Waals surface area contributed by atoms with Crippen molar-refractivity contribution in [3.05, 3.63) is 16.3 Å². The molecule has 0 amide bonds. The molecular weight excluding hydrogens is 232 g/mol. The standard InChI is InChI=1S/C13H20N2OS/c1-3-14(4-2)11-5-6-15(8-11)12-7-13(9-16)17-10-12/h7,9-11H,3-6,8H2,1-2H3. The number of carbonyl (C=O) groups is 1. The van der Waals surface area contributed by atoms with Crippen molar-refractivity contribution in [1.82, 2.24) is 4.90 Å². The molecule has 2 heterocycles. The van der Waals surface area contributed by atoms with Crippen LogP contribution in [0.5, 0.6) is 0 Å². The van der Waals surface area contributed by atoms with Crippen LogP contribution >= 0.6 is 11.3 Å². The first-order chi connectivity index (χ1) is 8.28. The topological polar surface area (TPSA) is 23.6 Å². The number of rotatable bonds is 5. The van der Waals surface area contributed by atoms with E-state index in [4.69, 9.17) is 0 Å². The Morgan fingerprint density at radius 2 is 2.29 bits per heavy atom. The molecule has 1 atom stereocenters. The molecule has 1 unspecified atom stereocenters. The maximum absolute atomic E-state index is 10.7. The minimum Gasteiger partial charge on any atom is -0.369 e. The van der Waals surface area contributed by atoms with E-state index in [-0.39, 0.29) is 0 Å². The van der Waals surface area contributed by atoms with Gasteiger partial charge in [0.15, 0.2) is 6.29 Å². The van der Waals surface area contributed by atoms with E-state index in [2.05, 4.69) is 29.0 Å². The van der Waals surface area contributed by atoms with Crippen LogP contribution in [0, 0.1) is 0 Å². The van der Waals surface area contributed by atoms with Crippen molar-refractivity contribution in [2.75, 3.05) is 31.1 Å². The lowest BCUT2D eigenvalue weighted by molar-refractivity contribution is 0.112. The van der Waals surface area contributed by atoms with Crippen molar-refractivity contribution >= 4 is 23.3 Å². The normalized spacial score (nSPS) is 20.2. The fraction of sp³-hybridized carbons (Fsp3) is 0.615. The Bertz CT molecular complexity index is 373. The van der Waals surface area contributed by atoms with Crippen molar-refractivity contribution in [3.8, 4) is 0 Å². The molecular formula is C13H20N2OS. The molecule has 1 aromatic rings. The summed E-state index contributed by atoms with van der Waals surface area (Å²) in [6.07, 6.45) is 2.17. The Hall–Kier alpha value is -0.870. The lowest BCUT2D eigenvalue weighted by Crippen LogP contribution is -2.37. The average molecular weight is 252 g/mol. The van der Waals surface area contributed by atoms with Gasteiger partial charge >= 0.3 is 0 Å². The van der Waals surface area contributed by atoms with Gasteiger partial charge in [-0.2, -0.15) is 0 Å². The summed E-state index contributed by atoms with van der Waals surface area (Å²) in [7, 11) is 0. The average Bonchev–Trinajstić information content (AvgIpc) is 2.98. The highest BCUT2D eigenvalue weighted by Crippen LogP contribution is 2.27. The van der Waals surface area contributed by atoms with Gasteiger partial charge in [-0.3, -0.25) is 9.69 Å². The summed E-state index contributed by atoms with van der Waals surface area (Å²) in [6.45, 7) is 8.89. The molecule has 1 fully saturated rings. The highest BCUT2D eigenvalue weighted by atomic mass is 32.1. The molecule has 2 rings (SSSR count). The van der Waals surface area contributed by atoms with E-state index in [1.54, 1.807) is 0 Å². The van der Waals surface area contributed by atoms with E-state index in [0.717, 1.165) is 37.3 Å². The van der Waals surface area contributed by atoms with Crippen molar-refractivity contribution in [2.24, 2.45) is 0 Å². The number of aldehydes is 1. The second-order valence-electron chi connectivity index (χ2n) is 4.43. The van der Waals surface area contributed by atoms with Gasteiger partial charge in [-0.05, 0) is 25.6 Å². The van der Waals surface area contributed by atoms with Crippen molar-refractivity contribution in [1.29, 1.82) is 0 Å². The Morgan fingerprint density at radius 3 is 2.88 bits per heavy atom. The number of hydrogen-bond acceptors (Lipinski definition) is 4. The van der Waals surface area contributed by atoms with Crippen LogP contribution in [0.25, 0.3) is 0 Å². The molecule has 17 heavy (non-hydrogen) atoms. The fourth-order valence-corrected chi connectivity index (χ4v) is 3.30. The number of likely N-dealkylation sites (N-methyl/N-ethyl adjacent to an activating group) is 1. The van der Waals surface area contributed by atoms with Gasteiger partial charge in [0.25, 0.3) is 0 Å². The van der Waals surface area contributed by atoms with Crippen molar-refractivity contribution < 1.29 is 4.79 Å². The van der Waals surface area contributed by atoms with Gasteiger partial charge in [-0.25, -0.2) is 0 Å². The lowest BCUT2D eigenvalue weighted by atomic mass is 10.2. The first-order valence-corrected chi connectivity index (χ1v) is 7.19. The number of thiophene rings is 1. The van der Waals surface area contributed by atoms with E-state index in [1.165, 1.54) is 23.4 Å². The van der Waals surface area contributed by atoms with Gasteiger partial charge in [0, 0.05) is 30.2 Å². The van der Waals surface area contributed by atoms with Gasteiger partial charge < -0.3 is 4.90 Å². The number of hydrogen-bond donors (Lipinski definition) is 0. The van der Waals surface area contributed by atoms with Crippen LogP contribution < -0.4 is 4.90 Å². The number of anilines is 1. The maximum Gasteiger partial charge on any atom is 0.160 e. The smallest absolute Gasteiger partial charge is 0.160 e. The molecule has 94 valence electrons. The summed E-state index contributed by atoms with van der Waals surface area (Å²) in [5.74, 6) is 0. The van der Waals surface area contributed by atoms with Gasteiger partial charge in [0.05, 0.1) is 4.88 Å². The van der Waals surface area contributed by atoms with Crippen molar-refractivity contribution in [3.63, 3.8) is 0 Å². The zero-order valence-electron chi connectivity index (χ0n) is 10.6. The minimum atomic E-state index is 0.671. The van der Waals surface area contributed by atoms with Crippen LogP contribution in [-0.2, 0) is 0 Å². The zero-order valence-corrected chi connectivity index (χ0v) is 11.4. The first-order valence-electron chi connectivity index (χ1n) is 6.31. The molecule has 1 aliphatic rings. The minimum absolute atomic E-state index is 0.671. The van der Waals surface area contributed by atoms with Gasteiger partial charge in [-0.1, -0.05) is 13.8 Å². The van der Waals surface area contributed by atoms with Crippen LogP contribution in [0.3, 0.4) is 0 Å². The maximum atomic E-state index is 10.7. The highest BCUT2D eigenvalue weighted by molar-refractivity contribution is 7.12. The highest BCUT2D eigenvalue weighted by Gasteiger charge is 2.26. The summed E-state index contributed by atoms with van der Waals surface area (Å²) in [5.41, 5.74) is 1.21. The summed E-state index contributed by atoms with van der Waals surface area (Å²) < 4.78 is 0. The zero-order chi connectivity index (χ0) is 12.3. The molecule has 3 nitrogen and oxygen atoms in total. The van der Waals surface area contributed by atoms with Crippen LogP contribution in [-0.4, -0.2) is 43.4 Å². The molecule has 0 aromatic carbocycles. The Labute approximate surface area is 107 Å². The van der Waals surface area contributed by atoms with Crippen LogP contribution in [0.4, 0.5) is 5.69 Å². The summed E-state index contributed by atoms with van der Waals surface area (Å²) in [6, 6.07) is 2.67. The monoisotopic (exact) mass is 252 g/mol. The molecule has 0 radical (unpaired) electrons. The van der Waals surface area contributed by atoms with Gasteiger partial charge in [0.1, 0.15) is 0 Å². The van der Waals surface area contributed by atoms with E-state index >= 15 is 0 Å². The molecule has 0 aliphatic carbocycles. The van der Waals surface area contributed by atoms with Gasteiger partial charge in [0.2, 0.25) is 0 Å². The largest absolute Gasteiger partial charge is 0.369 e. The summed E-state index contributed by atoms with van der Waals surface area (Å²) in [5, 5.41) is 2.09. The second-order valence-corrected chi connectivity index (χ2v) is 5.38. The summed E-state index contributed by atoms with van der Waals surface area (Å²) >= 11 is 1.53. The fourth-order valence-electron chi connectivity index (χ4n) is 2.58. The third-order valence-corrected chi connectivity index (χ3v) is 4.42. The number of nitrogens with zero attached hydrogens (tertiary/aromatic N) is 2. The lowest BCUT2D eigenvalue weighted by Gasteiger charge is -2.26. The molecule has 4 heteroatoms. The quantitative estimate of drug-likeness (QED) is 0.752. The molecule has 0 spiro atoms. The Morgan fingerprint density at radius 1 is 1.53 bits per heavy atom. The summed E-state index contributed by atoms with van der Waals surface area (Å²) in [4.78, 5) is 16.4. The third kappa shape index (κ3) is 2.69. The third-order valence-electron chi connectivity index (χ3n) is 3.58. The Kier molecular flexibility index (Phi) is 4.18. The van der Waals surface area contributed by atoms with E-state index in [0.29, 0.717) is 6.04 Å². The second kappa shape index (κ2) is 5.65. The predicted octanol–water partition coefficient (Wildman–Crippen LogP) is 2.48. The van der Waals surface area contributed by atoms with E-state index in [9.17, 15) is 4.79 Å². The van der Waals surface area contributed by atoms with Gasteiger partial charge in [-0.15, -0.1) is 11.3 Å². The SMILES string of the molecule is CCN(CC)C1CCN(c2csc(C=O)c2)C1. The number of carbonyl (C=O) groups excluding carboxylic acids is 1. The molecule has 0 N–H and O–H groups in total. The van der Waals surface area contributed by atoms with Crippen LogP contribution in [0.1, 0.15) is 29.9 Å². The molecule has 1 saturated heterocycles. The molecule has 1 aliphatic heterocycles. The predicted molar refractivity (Wildman–Crippen MR) is 73.2 cm³/mol. The first kappa shape index (κ1) is 12.6. The van der Waals surface area contributed by atoms with Crippen molar-refractivity contribution in [2.45, 2.75) is 26.3 Å². The van der Waals surface area contributed by atoms with Crippen LogP contribution in [0.15, 0.2) is 11.4 Å². The van der Waals surface area contributed by atoms with E-state index in [1.807, 2.05) is 6.07 Å². The molecule has 0 saturated carbocycles. The van der Waals surface area contributed by atoms with E-state index < -0.39 is 0 Å². The molecule has 1 aromatic heterocycles. The van der Waals surface area contributed by atoms with Crippen LogP contribution in [0.2, 0.25) is 0 Å². The molecule has 0 bridgehead atoms. The Balaban J connectivity index is 1.99.